The highest BCUT2D eigenvalue weighted by molar-refractivity contribution is 5.87. The van der Waals surface area contributed by atoms with Gasteiger partial charge in [0.1, 0.15) is 11.5 Å². The van der Waals surface area contributed by atoms with Crippen LogP contribution in [0.2, 0.25) is 0 Å². The van der Waals surface area contributed by atoms with E-state index in [9.17, 15) is 4.79 Å². The van der Waals surface area contributed by atoms with Gasteiger partial charge in [-0.25, -0.2) is 9.97 Å². The number of ether oxygens (including phenoxy) is 1. The van der Waals surface area contributed by atoms with Crippen LogP contribution < -0.4 is 0 Å². The van der Waals surface area contributed by atoms with Crippen LogP contribution in [-0.4, -0.2) is 55.7 Å². The summed E-state index contributed by atoms with van der Waals surface area (Å²) in [5.41, 5.74) is 1.74. The van der Waals surface area contributed by atoms with Crippen LogP contribution in [0.15, 0.2) is 24.5 Å². The summed E-state index contributed by atoms with van der Waals surface area (Å²) >= 11 is 0. The Labute approximate surface area is 144 Å². The molecule has 3 aromatic rings. The van der Waals surface area contributed by atoms with E-state index < -0.39 is 0 Å². The Morgan fingerprint density at radius 2 is 2.36 bits per heavy atom. The maximum absolute atomic E-state index is 13.0. The van der Waals surface area contributed by atoms with Gasteiger partial charge in [-0.3, -0.25) is 9.89 Å². The number of nitrogens with zero attached hydrogens (tertiary/aromatic N) is 4. The number of fused-ring (bicyclic) bond motifs is 1. The number of hydrogen-bond acceptors (Lipinski definition) is 5. The van der Waals surface area contributed by atoms with Crippen molar-refractivity contribution in [2.24, 2.45) is 0 Å². The molecule has 4 rings (SSSR count). The Morgan fingerprint density at radius 3 is 3.12 bits per heavy atom. The predicted octanol–water partition coefficient (Wildman–Crippen LogP) is 1.52. The van der Waals surface area contributed by atoms with Crippen LogP contribution in [0, 0.1) is 6.92 Å². The zero-order valence-electron chi connectivity index (χ0n) is 14.2. The number of hydrogen-bond donors (Lipinski definition) is 2. The molecule has 2 N–H and O–H groups in total. The van der Waals surface area contributed by atoms with Crippen molar-refractivity contribution in [3.63, 3.8) is 0 Å². The lowest BCUT2D eigenvalue weighted by Crippen LogP contribution is -2.33. The van der Waals surface area contributed by atoms with Crippen LogP contribution in [0.5, 0.6) is 0 Å². The number of nitrogens with one attached hydrogen (secondary N) is 2. The van der Waals surface area contributed by atoms with Crippen molar-refractivity contribution in [2.75, 3.05) is 13.7 Å². The van der Waals surface area contributed by atoms with Gasteiger partial charge in [-0.1, -0.05) is 0 Å². The van der Waals surface area contributed by atoms with Crippen molar-refractivity contribution in [2.45, 2.75) is 31.9 Å². The zero-order chi connectivity index (χ0) is 17.4. The quantitative estimate of drug-likeness (QED) is 0.750. The lowest BCUT2D eigenvalue weighted by atomic mass is 10.1. The molecule has 1 saturated heterocycles. The molecular weight excluding hydrogens is 320 g/mol. The molecule has 8 heteroatoms. The minimum atomic E-state index is -0.161. The fourth-order valence-electron chi connectivity index (χ4n) is 3.42. The second-order valence-electron chi connectivity index (χ2n) is 6.32. The molecule has 1 aliphatic rings. The standard InChI is InChI=1S/C17H20N6O2/c1-10-20-17(22-21-10)14-7-12(25-2)9-23(14)15(24)6-11-8-19-16-13(11)4-3-5-18-16/h3-5,8,12,14H,6-7,9H2,1-2H3,(H,18,19)(H,20,21,22)/t12-,14+/m1/s1. The molecule has 2 atom stereocenters. The van der Waals surface area contributed by atoms with E-state index >= 15 is 0 Å². The Bertz CT molecular complexity index is 901. The fraction of sp³-hybridized carbons (Fsp3) is 0.412. The van der Waals surface area contributed by atoms with Crippen molar-refractivity contribution in [3.05, 3.63) is 41.7 Å². The van der Waals surface area contributed by atoms with E-state index in [2.05, 4.69) is 25.1 Å². The highest BCUT2D eigenvalue weighted by atomic mass is 16.5. The topological polar surface area (TPSA) is 99.8 Å². The highest BCUT2D eigenvalue weighted by Gasteiger charge is 2.38. The maximum Gasteiger partial charge on any atom is 0.227 e. The summed E-state index contributed by atoms with van der Waals surface area (Å²) in [4.78, 5) is 26.6. The van der Waals surface area contributed by atoms with Crippen molar-refractivity contribution in [1.82, 2.24) is 30.0 Å². The molecular formula is C17H20N6O2. The van der Waals surface area contributed by atoms with Crippen molar-refractivity contribution in [3.8, 4) is 0 Å². The molecule has 8 nitrogen and oxygen atoms in total. The molecule has 3 aromatic heterocycles. The first-order valence-electron chi connectivity index (χ1n) is 8.28. The lowest BCUT2D eigenvalue weighted by Gasteiger charge is -2.22. The van der Waals surface area contributed by atoms with E-state index in [1.165, 1.54) is 0 Å². The Morgan fingerprint density at radius 1 is 1.48 bits per heavy atom. The van der Waals surface area contributed by atoms with E-state index in [-0.39, 0.29) is 18.1 Å². The molecule has 130 valence electrons. The number of H-pyrrole nitrogens is 2. The summed E-state index contributed by atoms with van der Waals surface area (Å²) in [7, 11) is 1.67. The third-order valence-corrected chi connectivity index (χ3v) is 4.71. The third kappa shape index (κ3) is 2.89. The van der Waals surface area contributed by atoms with Gasteiger partial charge in [0, 0.05) is 37.9 Å². The smallest absolute Gasteiger partial charge is 0.227 e. The molecule has 0 aliphatic carbocycles. The van der Waals surface area contributed by atoms with E-state index in [4.69, 9.17) is 4.74 Å². The van der Waals surface area contributed by atoms with Gasteiger partial charge in [0.25, 0.3) is 0 Å². The number of carbonyl (C=O) groups is 1. The molecule has 25 heavy (non-hydrogen) atoms. The van der Waals surface area contributed by atoms with Crippen LogP contribution in [-0.2, 0) is 16.0 Å². The molecule has 0 spiro atoms. The molecule has 1 amide bonds. The summed E-state index contributed by atoms with van der Waals surface area (Å²) < 4.78 is 5.48. The first kappa shape index (κ1) is 15.8. The third-order valence-electron chi connectivity index (χ3n) is 4.71. The predicted molar refractivity (Wildman–Crippen MR) is 90.8 cm³/mol. The van der Waals surface area contributed by atoms with Gasteiger partial charge in [0.2, 0.25) is 5.91 Å². The SMILES string of the molecule is CO[C@@H]1C[C@@H](c2n[nH]c(C)n2)N(C(=O)Cc2c[nH]c3ncccc23)C1. The van der Waals surface area contributed by atoms with Crippen LogP contribution in [0.4, 0.5) is 0 Å². The van der Waals surface area contributed by atoms with E-state index in [0.29, 0.717) is 25.2 Å². The monoisotopic (exact) mass is 340 g/mol. The number of aromatic nitrogens is 5. The molecule has 1 fully saturated rings. The van der Waals surface area contributed by atoms with Gasteiger partial charge in [0.05, 0.1) is 18.6 Å². The van der Waals surface area contributed by atoms with Crippen LogP contribution in [0.3, 0.4) is 0 Å². The van der Waals surface area contributed by atoms with Gasteiger partial charge in [-0.05, 0) is 24.6 Å². The molecule has 4 heterocycles. The summed E-state index contributed by atoms with van der Waals surface area (Å²) in [6, 6.07) is 3.69. The Balaban J connectivity index is 1.58. The first-order chi connectivity index (χ1) is 12.2. The van der Waals surface area contributed by atoms with Crippen molar-refractivity contribution < 1.29 is 9.53 Å². The highest BCUT2D eigenvalue weighted by Crippen LogP contribution is 2.32. The van der Waals surface area contributed by atoms with Gasteiger partial charge in [-0.15, -0.1) is 0 Å². The average Bonchev–Trinajstić information content (AvgIpc) is 3.33. The van der Waals surface area contributed by atoms with Crippen LogP contribution >= 0.6 is 0 Å². The van der Waals surface area contributed by atoms with Crippen molar-refractivity contribution >= 4 is 16.9 Å². The second-order valence-corrected chi connectivity index (χ2v) is 6.32. The van der Waals surface area contributed by atoms with Gasteiger partial charge >= 0.3 is 0 Å². The van der Waals surface area contributed by atoms with Gasteiger partial charge < -0.3 is 14.6 Å². The largest absolute Gasteiger partial charge is 0.380 e. The van der Waals surface area contributed by atoms with E-state index in [0.717, 1.165) is 22.4 Å². The molecule has 1 aliphatic heterocycles. The number of aromatic amines is 2. The van der Waals surface area contributed by atoms with E-state index in [1.807, 2.05) is 30.2 Å². The molecule has 0 saturated carbocycles. The summed E-state index contributed by atoms with van der Waals surface area (Å²) in [6.07, 6.45) is 4.59. The first-order valence-corrected chi connectivity index (χ1v) is 8.28. The number of rotatable bonds is 4. The van der Waals surface area contributed by atoms with Gasteiger partial charge in [-0.2, -0.15) is 5.10 Å². The van der Waals surface area contributed by atoms with E-state index in [1.54, 1.807) is 13.3 Å². The number of carbonyl (C=O) groups excluding carboxylic acids is 1. The number of pyridine rings is 1. The fourth-order valence-corrected chi connectivity index (χ4v) is 3.42. The minimum Gasteiger partial charge on any atom is -0.380 e. The number of aryl methyl sites for hydroxylation is 1. The summed E-state index contributed by atoms with van der Waals surface area (Å²) in [6.45, 7) is 2.40. The molecule has 0 unspecified atom stereocenters. The number of likely N-dealkylation sites (tertiary alicyclic amines) is 1. The zero-order valence-corrected chi connectivity index (χ0v) is 14.2. The minimum absolute atomic E-state index is 0.00242. The number of amides is 1. The van der Waals surface area contributed by atoms with Crippen molar-refractivity contribution in [1.29, 1.82) is 0 Å². The maximum atomic E-state index is 13.0. The Hall–Kier alpha value is -2.74. The average molecular weight is 340 g/mol. The molecule has 0 radical (unpaired) electrons. The summed E-state index contributed by atoms with van der Waals surface area (Å²) in [5, 5.41) is 8.07. The summed E-state index contributed by atoms with van der Waals surface area (Å²) in [5.74, 6) is 1.42. The van der Waals surface area contributed by atoms with Gasteiger partial charge in [0.15, 0.2) is 5.82 Å². The molecule has 0 aromatic carbocycles. The number of methoxy groups -OCH3 is 1. The Kier molecular flexibility index (Phi) is 3.96. The second kappa shape index (κ2) is 6.29. The normalized spacial score (nSPS) is 20.5. The lowest BCUT2D eigenvalue weighted by molar-refractivity contribution is -0.131. The molecule has 0 bridgehead atoms. The van der Waals surface area contributed by atoms with Crippen LogP contribution in [0.1, 0.15) is 29.7 Å². The van der Waals surface area contributed by atoms with Crippen LogP contribution in [0.25, 0.3) is 11.0 Å².